The number of hydrogen-bond acceptors (Lipinski definition) is 7. The third-order valence-corrected chi connectivity index (χ3v) is 5.00. The molecule has 23 heavy (non-hydrogen) atoms. The Bertz CT molecular complexity index is 643. The summed E-state index contributed by atoms with van der Waals surface area (Å²) in [6.07, 6.45) is 1.28. The van der Waals surface area contributed by atoms with E-state index in [1.165, 1.54) is 22.7 Å². The van der Waals surface area contributed by atoms with E-state index in [2.05, 4.69) is 0 Å². The van der Waals surface area contributed by atoms with Crippen molar-refractivity contribution in [3.8, 4) is 0 Å². The normalized spacial score (nSPS) is 16.0. The summed E-state index contributed by atoms with van der Waals surface area (Å²) >= 11 is 8.14. The molecule has 0 bridgehead atoms. The molecule has 124 valence electrons. The second-order valence-electron chi connectivity index (χ2n) is 4.31. The fourth-order valence-electron chi connectivity index (χ4n) is 1.78. The molecular weight excluding hydrogens is 362 g/mol. The van der Waals surface area contributed by atoms with Crippen molar-refractivity contribution in [1.29, 1.82) is 0 Å². The number of amides is 1. The minimum Gasteiger partial charge on any atom is -0.463 e. The van der Waals surface area contributed by atoms with Crippen molar-refractivity contribution in [3.63, 3.8) is 0 Å². The largest absolute Gasteiger partial charge is 0.463 e. The number of thioether (sulfide) groups is 1. The van der Waals surface area contributed by atoms with E-state index in [-0.39, 0.29) is 31.4 Å². The van der Waals surface area contributed by atoms with Crippen molar-refractivity contribution in [3.05, 3.63) is 32.5 Å². The Kier molecular flexibility index (Phi) is 6.49. The monoisotopic (exact) mass is 375 g/mol. The quantitative estimate of drug-likeness (QED) is 0.562. The number of esters is 2. The van der Waals surface area contributed by atoms with Gasteiger partial charge < -0.3 is 14.4 Å². The van der Waals surface area contributed by atoms with Gasteiger partial charge in [0.1, 0.15) is 11.5 Å². The van der Waals surface area contributed by atoms with Crippen molar-refractivity contribution in [2.24, 2.45) is 0 Å². The van der Waals surface area contributed by atoms with Gasteiger partial charge in [-0.15, -0.1) is 11.3 Å². The average Bonchev–Trinajstić information content (AvgIpc) is 3.07. The number of thiophene rings is 1. The van der Waals surface area contributed by atoms with Crippen LogP contribution in [0, 0.1) is 0 Å². The van der Waals surface area contributed by atoms with Crippen molar-refractivity contribution >= 4 is 52.5 Å². The first-order chi connectivity index (χ1) is 11.0. The molecule has 1 amide bonds. The maximum Gasteiger partial charge on any atom is 0.348 e. The van der Waals surface area contributed by atoms with E-state index in [1.807, 2.05) is 0 Å². The van der Waals surface area contributed by atoms with E-state index in [4.69, 9.17) is 21.1 Å². The molecule has 0 radical (unpaired) electrons. The maximum absolute atomic E-state index is 11.8. The van der Waals surface area contributed by atoms with Crippen LogP contribution < -0.4 is 0 Å². The molecule has 0 spiro atoms. The highest BCUT2D eigenvalue weighted by Crippen LogP contribution is 2.28. The van der Waals surface area contributed by atoms with Gasteiger partial charge in [-0.2, -0.15) is 0 Å². The van der Waals surface area contributed by atoms with Gasteiger partial charge >= 0.3 is 11.9 Å². The van der Waals surface area contributed by atoms with Crippen LogP contribution in [0.3, 0.4) is 0 Å². The summed E-state index contributed by atoms with van der Waals surface area (Å²) in [5, 5.41) is 0.503. The number of rotatable bonds is 6. The van der Waals surface area contributed by atoms with Crippen LogP contribution in [0.25, 0.3) is 0 Å². The highest BCUT2D eigenvalue weighted by atomic mass is 35.5. The lowest BCUT2D eigenvalue weighted by Gasteiger charge is -2.16. The lowest BCUT2D eigenvalue weighted by atomic mass is 10.4. The van der Waals surface area contributed by atoms with Gasteiger partial charge in [0.25, 0.3) is 0 Å². The van der Waals surface area contributed by atoms with Gasteiger partial charge in [-0.25, -0.2) is 9.59 Å². The highest BCUT2D eigenvalue weighted by molar-refractivity contribution is 8.04. The molecule has 0 aliphatic carbocycles. The van der Waals surface area contributed by atoms with Crippen LogP contribution in [0.15, 0.2) is 23.2 Å². The molecule has 1 aromatic rings. The Hall–Kier alpha value is -1.51. The standard InChI is InChI=1S/C14H14ClNO5S2/c1-2-20-13(18)7-12-16(11(17)8-22-12)5-6-21-14(19)9-3-4-10(15)23-9/h3-4,7H,2,5-6,8H2,1H3. The molecule has 1 aliphatic rings. The van der Waals surface area contributed by atoms with E-state index < -0.39 is 11.9 Å². The molecular formula is C14H14ClNO5S2. The van der Waals surface area contributed by atoms with Crippen LogP contribution >= 0.6 is 34.7 Å². The summed E-state index contributed by atoms with van der Waals surface area (Å²) in [6, 6.07) is 3.20. The molecule has 0 aromatic carbocycles. The van der Waals surface area contributed by atoms with Crippen molar-refractivity contribution in [2.75, 3.05) is 25.5 Å². The summed E-state index contributed by atoms with van der Waals surface area (Å²) in [5.74, 6) is -0.877. The molecule has 1 saturated heterocycles. The molecule has 1 aromatic heterocycles. The Morgan fingerprint density at radius 3 is 2.83 bits per heavy atom. The first-order valence-electron chi connectivity index (χ1n) is 6.75. The summed E-state index contributed by atoms with van der Waals surface area (Å²) in [5.41, 5.74) is 0. The lowest BCUT2D eigenvalue weighted by molar-refractivity contribution is -0.137. The fraction of sp³-hybridized carbons (Fsp3) is 0.357. The Morgan fingerprint density at radius 1 is 1.39 bits per heavy atom. The van der Waals surface area contributed by atoms with Crippen LogP contribution in [-0.2, 0) is 19.1 Å². The zero-order chi connectivity index (χ0) is 16.8. The van der Waals surface area contributed by atoms with Gasteiger partial charge in [0.2, 0.25) is 5.91 Å². The topological polar surface area (TPSA) is 72.9 Å². The molecule has 1 fully saturated rings. The van der Waals surface area contributed by atoms with E-state index in [0.717, 1.165) is 11.3 Å². The number of nitrogens with zero attached hydrogens (tertiary/aromatic N) is 1. The molecule has 6 nitrogen and oxygen atoms in total. The molecule has 9 heteroatoms. The first kappa shape index (κ1) is 17.8. The Labute approximate surface area is 146 Å². The summed E-state index contributed by atoms with van der Waals surface area (Å²) in [6.45, 7) is 2.18. The number of ether oxygens (including phenoxy) is 2. The zero-order valence-corrected chi connectivity index (χ0v) is 14.6. The molecule has 0 atom stereocenters. The smallest absolute Gasteiger partial charge is 0.348 e. The average molecular weight is 376 g/mol. The summed E-state index contributed by atoms with van der Waals surface area (Å²) in [7, 11) is 0. The molecule has 0 saturated carbocycles. The molecule has 2 rings (SSSR count). The van der Waals surface area contributed by atoms with E-state index in [9.17, 15) is 14.4 Å². The Morgan fingerprint density at radius 2 is 2.17 bits per heavy atom. The van der Waals surface area contributed by atoms with Crippen molar-refractivity contribution in [2.45, 2.75) is 6.92 Å². The molecule has 0 unspecified atom stereocenters. The van der Waals surface area contributed by atoms with Gasteiger partial charge in [0, 0.05) is 0 Å². The SMILES string of the molecule is CCOC(=O)C=C1SCC(=O)N1CCOC(=O)c1ccc(Cl)s1. The van der Waals surface area contributed by atoms with Gasteiger partial charge in [-0.3, -0.25) is 4.79 Å². The third kappa shape index (κ3) is 4.98. The Balaban J connectivity index is 1.88. The number of hydrogen-bond donors (Lipinski definition) is 0. The lowest BCUT2D eigenvalue weighted by Crippen LogP contribution is -2.29. The van der Waals surface area contributed by atoms with Gasteiger partial charge in [-0.05, 0) is 19.1 Å². The summed E-state index contributed by atoms with van der Waals surface area (Å²) < 4.78 is 10.4. The predicted molar refractivity (Wildman–Crippen MR) is 88.5 cm³/mol. The molecule has 2 heterocycles. The first-order valence-corrected chi connectivity index (χ1v) is 8.93. The second-order valence-corrected chi connectivity index (χ2v) is 7.02. The minimum absolute atomic E-state index is 0.0286. The molecule has 0 N–H and O–H groups in total. The third-order valence-electron chi connectivity index (χ3n) is 2.76. The van der Waals surface area contributed by atoms with Crippen LogP contribution in [0.4, 0.5) is 0 Å². The van der Waals surface area contributed by atoms with Crippen molar-refractivity contribution in [1.82, 2.24) is 4.90 Å². The van der Waals surface area contributed by atoms with Crippen LogP contribution in [0.1, 0.15) is 16.6 Å². The van der Waals surface area contributed by atoms with Crippen molar-refractivity contribution < 1.29 is 23.9 Å². The predicted octanol–water partition coefficient (Wildman–Crippen LogP) is 2.54. The van der Waals surface area contributed by atoms with Crippen LogP contribution in [0.5, 0.6) is 0 Å². The maximum atomic E-state index is 11.8. The van der Waals surface area contributed by atoms with Gasteiger partial charge in [0.15, 0.2) is 0 Å². The number of carbonyl (C=O) groups excluding carboxylic acids is 3. The van der Waals surface area contributed by atoms with E-state index in [1.54, 1.807) is 19.1 Å². The van der Waals surface area contributed by atoms with Gasteiger partial charge in [0.05, 0.1) is 34.3 Å². The van der Waals surface area contributed by atoms with E-state index >= 15 is 0 Å². The summed E-state index contributed by atoms with van der Waals surface area (Å²) in [4.78, 5) is 36.9. The van der Waals surface area contributed by atoms with Gasteiger partial charge in [-0.1, -0.05) is 23.4 Å². The van der Waals surface area contributed by atoms with E-state index in [0.29, 0.717) is 14.2 Å². The number of carbonyl (C=O) groups is 3. The minimum atomic E-state index is -0.500. The second kappa shape index (κ2) is 8.37. The highest BCUT2D eigenvalue weighted by Gasteiger charge is 2.27. The fourth-order valence-corrected chi connectivity index (χ4v) is 3.67. The molecule has 1 aliphatic heterocycles. The van der Waals surface area contributed by atoms with Crippen LogP contribution in [0.2, 0.25) is 4.34 Å². The number of halogens is 1. The zero-order valence-electron chi connectivity index (χ0n) is 12.2. The van der Waals surface area contributed by atoms with Crippen LogP contribution in [-0.4, -0.2) is 48.3 Å².